The van der Waals surface area contributed by atoms with Gasteiger partial charge in [-0.25, -0.2) is 4.79 Å². The van der Waals surface area contributed by atoms with Crippen molar-refractivity contribution in [2.45, 2.75) is 97.2 Å². The lowest BCUT2D eigenvalue weighted by molar-refractivity contribution is -0.174. The third-order valence-corrected chi connectivity index (χ3v) is 10.5. The van der Waals surface area contributed by atoms with Gasteiger partial charge in [-0.2, -0.15) is 0 Å². The number of carbonyl (C=O) groups is 1. The lowest BCUT2D eigenvalue weighted by Gasteiger charge is -2.62. The van der Waals surface area contributed by atoms with Gasteiger partial charge in [0.25, 0.3) is 0 Å². The molecule has 4 aliphatic carbocycles. The normalized spacial score (nSPS) is 49.3. The molecule has 0 bridgehead atoms. The first-order chi connectivity index (χ1) is 14.2. The van der Waals surface area contributed by atoms with E-state index in [9.17, 15) is 15.0 Å². The van der Waals surface area contributed by atoms with Crippen molar-refractivity contribution in [3.05, 3.63) is 12.2 Å². The summed E-state index contributed by atoms with van der Waals surface area (Å²) in [6, 6.07) is 0. The minimum Gasteiger partial charge on any atom is -0.478 e. The fraction of sp³-hybridized carbons (Fsp3) is 0.885. The molecule has 0 amide bonds. The molecule has 4 heteroatoms. The quantitative estimate of drug-likeness (QED) is 0.547. The zero-order chi connectivity index (χ0) is 21.7. The van der Waals surface area contributed by atoms with E-state index in [1.165, 1.54) is 31.8 Å². The fourth-order valence-corrected chi connectivity index (χ4v) is 8.92. The van der Waals surface area contributed by atoms with Crippen LogP contribution in [0.25, 0.3) is 0 Å². The van der Waals surface area contributed by atoms with Crippen LogP contribution in [0.4, 0.5) is 0 Å². The summed E-state index contributed by atoms with van der Waals surface area (Å²) in [5, 5.41) is 30.4. The molecule has 10 atom stereocenters. The molecular weight excluding hydrogens is 376 g/mol. The van der Waals surface area contributed by atoms with Crippen LogP contribution in [0.1, 0.15) is 85.0 Å². The third-order valence-electron chi connectivity index (χ3n) is 10.5. The topological polar surface area (TPSA) is 77.8 Å². The molecule has 0 spiro atoms. The maximum Gasteiger partial charge on any atom is 0.327 e. The van der Waals surface area contributed by atoms with Gasteiger partial charge in [0.15, 0.2) is 0 Å². The Morgan fingerprint density at radius 3 is 2.47 bits per heavy atom. The van der Waals surface area contributed by atoms with Crippen molar-refractivity contribution >= 4 is 5.97 Å². The molecular formula is C26H42O4. The lowest BCUT2D eigenvalue weighted by Crippen LogP contribution is -2.58. The Kier molecular flexibility index (Phi) is 6.13. The fourth-order valence-electron chi connectivity index (χ4n) is 8.92. The number of carboxylic acid groups (broad SMARTS) is 1. The summed E-state index contributed by atoms with van der Waals surface area (Å²) in [5.74, 6) is 2.50. The maximum atomic E-state index is 11.3. The second-order valence-corrected chi connectivity index (χ2v) is 11.7. The van der Waals surface area contributed by atoms with Gasteiger partial charge in [0.05, 0.1) is 12.2 Å². The van der Waals surface area contributed by atoms with Crippen LogP contribution in [-0.2, 0) is 4.79 Å². The second-order valence-electron chi connectivity index (χ2n) is 11.7. The summed E-state index contributed by atoms with van der Waals surface area (Å²) in [6.07, 6.45) is 13.3. The standard InChI is InChI=1S/C26H42O4/c1-16(6-4-5-7-23(29)30)19-8-9-20-24-21(11-13-26(19,20)3)25(2)12-10-18(27)14-17(25)15-22(24)28/h5,7,16-22,24,27-28H,4,6,8-15H2,1-3H3,(H,29,30)/b7-5+/t16-,17+,18-,19-,20+,21+,22+,24+,25+,26-/m1/s1. The van der Waals surface area contributed by atoms with Gasteiger partial charge in [-0.15, -0.1) is 0 Å². The summed E-state index contributed by atoms with van der Waals surface area (Å²) in [5.41, 5.74) is 0.589. The van der Waals surface area contributed by atoms with E-state index in [4.69, 9.17) is 5.11 Å². The van der Waals surface area contributed by atoms with Crippen molar-refractivity contribution in [2.24, 2.45) is 46.3 Å². The summed E-state index contributed by atoms with van der Waals surface area (Å²) in [7, 11) is 0. The lowest BCUT2D eigenvalue weighted by atomic mass is 9.43. The highest BCUT2D eigenvalue weighted by molar-refractivity contribution is 5.79. The molecule has 0 aromatic rings. The van der Waals surface area contributed by atoms with E-state index in [1.807, 2.05) is 0 Å². The van der Waals surface area contributed by atoms with Gasteiger partial charge < -0.3 is 15.3 Å². The Hall–Kier alpha value is -0.870. The molecule has 0 radical (unpaired) electrons. The third kappa shape index (κ3) is 3.66. The zero-order valence-electron chi connectivity index (χ0n) is 19.1. The molecule has 0 aromatic carbocycles. The summed E-state index contributed by atoms with van der Waals surface area (Å²) in [4.78, 5) is 10.7. The number of aliphatic hydroxyl groups is 2. The molecule has 0 aromatic heterocycles. The maximum absolute atomic E-state index is 11.3. The van der Waals surface area contributed by atoms with E-state index < -0.39 is 5.97 Å². The minimum absolute atomic E-state index is 0.174. The number of carboxylic acids is 1. The van der Waals surface area contributed by atoms with Gasteiger partial charge >= 0.3 is 5.97 Å². The Morgan fingerprint density at radius 2 is 1.73 bits per heavy atom. The SMILES string of the molecule is C[C@H](CC/C=C/C(=O)O)[C@H]1CC[C@H]2[C@@H]3[C@@H](O)C[C@@H]4C[C@H](O)CC[C@]4(C)[C@H]3CC[C@]12C. The van der Waals surface area contributed by atoms with Crippen LogP contribution in [0.2, 0.25) is 0 Å². The largest absolute Gasteiger partial charge is 0.478 e. The van der Waals surface area contributed by atoms with Gasteiger partial charge in [-0.3, -0.25) is 0 Å². The molecule has 4 rings (SSSR count). The average Bonchev–Trinajstić information content (AvgIpc) is 3.03. The molecule has 3 N–H and O–H groups in total. The Labute approximate surface area is 182 Å². The van der Waals surface area contributed by atoms with Gasteiger partial charge in [-0.05, 0) is 111 Å². The van der Waals surface area contributed by atoms with E-state index in [0.29, 0.717) is 40.9 Å². The first-order valence-corrected chi connectivity index (χ1v) is 12.4. The van der Waals surface area contributed by atoms with Crippen molar-refractivity contribution in [2.75, 3.05) is 0 Å². The van der Waals surface area contributed by atoms with E-state index in [1.54, 1.807) is 6.08 Å². The molecule has 0 heterocycles. The zero-order valence-corrected chi connectivity index (χ0v) is 19.1. The van der Waals surface area contributed by atoms with Crippen LogP contribution in [-0.4, -0.2) is 33.5 Å². The van der Waals surface area contributed by atoms with E-state index in [-0.39, 0.29) is 17.6 Å². The molecule has 0 aliphatic heterocycles. The van der Waals surface area contributed by atoms with E-state index in [2.05, 4.69) is 20.8 Å². The Balaban J connectivity index is 1.49. The Bertz CT molecular complexity index is 674. The highest BCUT2D eigenvalue weighted by Crippen LogP contribution is 2.68. The number of hydrogen-bond donors (Lipinski definition) is 3. The minimum atomic E-state index is -0.859. The number of rotatable bonds is 5. The van der Waals surface area contributed by atoms with Crippen LogP contribution < -0.4 is 0 Å². The molecule has 4 saturated carbocycles. The monoisotopic (exact) mass is 418 g/mol. The van der Waals surface area contributed by atoms with Gasteiger partial charge in [-0.1, -0.05) is 26.8 Å². The number of aliphatic hydroxyl groups excluding tert-OH is 2. The number of fused-ring (bicyclic) bond motifs is 5. The smallest absolute Gasteiger partial charge is 0.327 e. The highest BCUT2D eigenvalue weighted by Gasteiger charge is 2.62. The number of hydrogen-bond acceptors (Lipinski definition) is 3. The average molecular weight is 419 g/mol. The van der Waals surface area contributed by atoms with Crippen molar-refractivity contribution in [3.63, 3.8) is 0 Å². The van der Waals surface area contributed by atoms with E-state index >= 15 is 0 Å². The number of aliphatic carboxylic acids is 1. The summed E-state index contributed by atoms with van der Waals surface area (Å²) >= 11 is 0. The molecule has 4 aliphatic rings. The first-order valence-electron chi connectivity index (χ1n) is 12.4. The van der Waals surface area contributed by atoms with Gasteiger partial charge in [0.1, 0.15) is 0 Å². The van der Waals surface area contributed by atoms with Crippen LogP contribution in [0.5, 0.6) is 0 Å². The summed E-state index contributed by atoms with van der Waals surface area (Å²) in [6.45, 7) is 7.33. The predicted molar refractivity (Wildman–Crippen MR) is 118 cm³/mol. The molecule has 0 unspecified atom stereocenters. The van der Waals surface area contributed by atoms with Crippen molar-refractivity contribution < 1.29 is 20.1 Å². The van der Waals surface area contributed by atoms with Crippen LogP contribution in [0, 0.1) is 46.3 Å². The molecule has 170 valence electrons. The molecule has 4 fully saturated rings. The summed E-state index contributed by atoms with van der Waals surface area (Å²) < 4.78 is 0. The molecule has 30 heavy (non-hydrogen) atoms. The van der Waals surface area contributed by atoms with Crippen LogP contribution in [0.15, 0.2) is 12.2 Å². The van der Waals surface area contributed by atoms with Gasteiger partial charge in [0, 0.05) is 6.08 Å². The van der Waals surface area contributed by atoms with Crippen molar-refractivity contribution in [1.29, 1.82) is 0 Å². The first kappa shape index (κ1) is 22.3. The van der Waals surface area contributed by atoms with E-state index in [0.717, 1.165) is 38.5 Å². The van der Waals surface area contributed by atoms with Crippen molar-refractivity contribution in [3.8, 4) is 0 Å². The molecule has 0 saturated heterocycles. The van der Waals surface area contributed by atoms with Crippen LogP contribution in [0.3, 0.4) is 0 Å². The van der Waals surface area contributed by atoms with Crippen LogP contribution >= 0.6 is 0 Å². The van der Waals surface area contributed by atoms with Gasteiger partial charge in [0.2, 0.25) is 0 Å². The molecule has 4 nitrogen and oxygen atoms in total. The number of allylic oxidation sites excluding steroid dienone is 1. The Morgan fingerprint density at radius 1 is 1.03 bits per heavy atom. The second kappa shape index (κ2) is 8.24. The predicted octanol–water partition coefficient (Wildman–Crippen LogP) is 5.03. The highest BCUT2D eigenvalue weighted by atomic mass is 16.4. The van der Waals surface area contributed by atoms with Crippen molar-refractivity contribution in [1.82, 2.24) is 0 Å².